The molecule has 6 nitrogen and oxygen atoms in total. The molecule has 1 aliphatic rings. The third-order valence-electron chi connectivity index (χ3n) is 10.4. The molecule has 0 fully saturated rings. The first-order valence-corrected chi connectivity index (χ1v) is 19.4. The van der Waals surface area contributed by atoms with Crippen LogP contribution in [0.1, 0.15) is 25.0 Å². The van der Waals surface area contributed by atoms with Gasteiger partial charge < -0.3 is 0 Å². The average molecular weight is 739 g/mol. The summed E-state index contributed by atoms with van der Waals surface area (Å²) in [6.07, 6.45) is 0. The van der Waals surface area contributed by atoms with Crippen molar-refractivity contribution < 1.29 is 0 Å². The van der Waals surface area contributed by atoms with Crippen molar-refractivity contribution in [3.63, 3.8) is 0 Å². The second kappa shape index (κ2) is 13.8. The zero-order chi connectivity index (χ0) is 37.6. The Balaban J connectivity index is 1.09. The minimum Gasteiger partial charge on any atom is -0.208 e. The molecule has 266 valence electrons. The van der Waals surface area contributed by atoms with Crippen molar-refractivity contribution in [3.05, 3.63) is 181 Å². The number of nitrogens with zero attached hydrogens (tertiary/aromatic N) is 6. The van der Waals surface area contributed by atoms with Crippen LogP contribution in [-0.4, -0.2) is 29.9 Å². The van der Waals surface area contributed by atoms with Crippen LogP contribution in [0.25, 0.3) is 79.1 Å². The van der Waals surface area contributed by atoms with Gasteiger partial charge in [-0.1, -0.05) is 171 Å². The van der Waals surface area contributed by atoms with Crippen LogP contribution >= 0.6 is 11.8 Å². The molecule has 0 atom stereocenters. The monoisotopic (exact) mass is 738 g/mol. The quantitative estimate of drug-likeness (QED) is 0.168. The lowest BCUT2D eigenvalue weighted by Crippen LogP contribution is -2.23. The van der Waals surface area contributed by atoms with E-state index in [0.717, 1.165) is 44.2 Å². The summed E-state index contributed by atoms with van der Waals surface area (Å²) in [6.45, 7) is 4.59. The van der Waals surface area contributed by atoms with Crippen LogP contribution < -0.4 is 0 Å². The molecule has 3 heterocycles. The zero-order valence-corrected chi connectivity index (χ0v) is 31.6. The molecule has 10 rings (SSSR count). The van der Waals surface area contributed by atoms with Crippen LogP contribution in [0.5, 0.6) is 0 Å². The summed E-state index contributed by atoms with van der Waals surface area (Å²) in [5.41, 5.74) is 7.87. The van der Waals surface area contributed by atoms with Crippen LogP contribution in [0.2, 0.25) is 0 Å². The lowest BCUT2D eigenvalue weighted by Gasteiger charge is -2.34. The van der Waals surface area contributed by atoms with Crippen molar-refractivity contribution in [1.29, 1.82) is 0 Å². The van der Waals surface area contributed by atoms with Gasteiger partial charge in [0.2, 0.25) is 0 Å². The SMILES string of the molecule is CC1(C)c2ccccc2Sc2cc(-c3nc(-c4ccccc4)nc(-c4cccc(-c5nc(-c6ccccc6)nc(-c6ccc7ccccc7c6)n5)c4)n3)ccc21. The standard InChI is InChI=1S/C49H34N6S/c1-49(2)39-22-11-12-23-41(39)56-42-30-38(26-27-40(42)49)48-53-44(33-17-7-4-8-18-33)51-46(55-48)36-21-13-20-35(29-36)45-50-43(32-15-5-3-6-16-32)52-47(54-45)37-25-24-31-14-9-10-19-34(31)28-37/h3-30H,1-2H3. The Morgan fingerprint density at radius 1 is 0.321 bits per heavy atom. The molecule has 0 bridgehead atoms. The highest BCUT2D eigenvalue weighted by Gasteiger charge is 2.33. The molecular weight excluding hydrogens is 705 g/mol. The van der Waals surface area contributed by atoms with E-state index >= 15 is 0 Å². The fraction of sp³-hybridized carbons (Fsp3) is 0.0612. The van der Waals surface area contributed by atoms with Gasteiger partial charge in [0.25, 0.3) is 0 Å². The van der Waals surface area contributed by atoms with Crippen LogP contribution in [0.15, 0.2) is 180 Å². The number of aromatic nitrogens is 6. The van der Waals surface area contributed by atoms with Gasteiger partial charge in [-0.15, -0.1) is 0 Å². The van der Waals surface area contributed by atoms with Crippen molar-refractivity contribution in [2.45, 2.75) is 29.1 Å². The second-order valence-corrected chi connectivity index (χ2v) is 15.5. The van der Waals surface area contributed by atoms with E-state index in [1.165, 1.54) is 20.9 Å². The Kier molecular flexibility index (Phi) is 8.30. The molecule has 0 unspecified atom stereocenters. The normalized spacial score (nSPS) is 12.9. The van der Waals surface area contributed by atoms with Crippen LogP contribution in [-0.2, 0) is 5.41 Å². The minimum absolute atomic E-state index is 0.126. The van der Waals surface area contributed by atoms with Crippen molar-refractivity contribution >= 4 is 22.5 Å². The third kappa shape index (κ3) is 6.22. The fourth-order valence-electron chi connectivity index (χ4n) is 7.42. The lowest BCUT2D eigenvalue weighted by atomic mass is 9.77. The number of hydrogen-bond donors (Lipinski definition) is 0. The summed E-state index contributed by atoms with van der Waals surface area (Å²) in [5, 5.41) is 2.29. The predicted molar refractivity (Wildman–Crippen MR) is 226 cm³/mol. The maximum Gasteiger partial charge on any atom is 0.164 e. The van der Waals surface area contributed by atoms with Crippen LogP contribution in [0.4, 0.5) is 0 Å². The summed E-state index contributed by atoms with van der Waals surface area (Å²) >= 11 is 1.80. The highest BCUT2D eigenvalue weighted by molar-refractivity contribution is 7.99. The van der Waals surface area contributed by atoms with Gasteiger partial charge in [0.15, 0.2) is 34.9 Å². The second-order valence-electron chi connectivity index (χ2n) is 14.4. The number of benzene rings is 7. The van der Waals surface area contributed by atoms with Gasteiger partial charge in [0.05, 0.1) is 0 Å². The van der Waals surface area contributed by atoms with E-state index in [-0.39, 0.29) is 5.41 Å². The van der Waals surface area contributed by atoms with E-state index in [0.29, 0.717) is 34.9 Å². The van der Waals surface area contributed by atoms with Gasteiger partial charge >= 0.3 is 0 Å². The molecule has 7 heteroatoms. The molecule has 0 N–H and O–H groups in total. The first-order chi connectivity index (χ1) is 27.5. The molecule has 0 radical (unpaired) electrons. The van der Waals surface area contributed by atoms with Gasteiger partial charge in [0, 0.05) is 48.6 Å². The predicted octanol–water partition coefficient (Wildman–Crippen LogP) is 12.0. The lowest BCUT2D eigenvalue weighted by molar-refractivity contribution is 0.607. The first kappa shape index (κ1) is 33.7. The highest BCUT2D eigenvalue weighted by atomic mass is 32.2. The Morgan fingerprint density at radius 3 is 1.36 bits per heavy atom. The molecule has 9 aromatic rings. The number of rotatable bonds is 6. The molecule has 0 saturated carbocycles. The van der Waals surface area contributed by atoms with Crippen LogP contribution in [0, 0.1) is 0 Å². The maximum absolute atomic E-state index is 5.14. The highest BCUT2D eigenvalue weighted by Crippen LogP contribution is 2.49. The smallest absolute Gasteiger partial charge is 0.164 e. The molecule has 7 aromatic carbocycles. The largest absolute Gasteiger partial charge is 0.208 e. The zero-order valence-electron chi connectivity index (χ0n) is 30.8. The molecule has 2 aromatic heterocycles. The van der Waals surface area contributed by atoms with Gasteiger partial charge in [-0.2, -0.15) is 0 Å². The summed E-state index contributed by atoms with van der Waals surface area (Å²) in [4.78, 5) is 32.8. The van der Waals surface area contributed by atoms with E-state index in [1.807, 2.05) is 91.0 Å². The molecule has 0 amide bonds. The van der Waals surface area contributed by atoms with Crippen molar-refractivity contribution in [2.24, 2.45) is 0 Å². The van der Waals surface area contributed by atoms with Gasteiger partial charge in [0.1, 0.15) is 0 Å². The van der Waals surface area contributed by atoms with Crippen molar-refractivity contribution in [1.82, 2.24) is 29.9 Å². The molecule has 1 aliphatic heterocycles. The summed E-state index contributed by atoms with van der Waals surface area (Å²) < 4.78 is 0. The van der Waals surface area contributed by atoms with Crippen LogP contribution in [0.3, 0.4) is 0 Å². The van der Waals surface area contributed by atoms with Gasteiger partial charge in [-0.25, -0.2) is 29.9 Å². The number of hydrogen-bond acceptors (Lipinski definition) is 7. The third-order valence-corrected chi connectivity index (χ3v) is 11.5. The van der Waals surface area contributed by atoms with E-state index in [9.17, 15) is 0 Å². The fourth-order valence-corrected chi connectivity index (χ4v) is 8.86. The first-order valence-electron chi connectivity index (χ1n) is 18.6. The molecule has 0 spiro atoms. The van der Waals surface area contributed by atoms with E-state index < -0.39 is 0 Å². The Labute approximate surface area is 329 Å². The van der Waals surface area contributed by atoms with E-state index in [2.05, 4.69) is 92.7 Å². The van der Waals surface area contributed by atoms with Gasteiger partial charge in [-0.3, -0.25) is 0 Å². The van der Waals surface area contributed by atoms with Gasteiger partial charge in [-0.05, 0) is 46.2 Å². The van der Waals surface area contributed by atoms with E-state index in [4.69, 9.17) is 29.9 Å². The topological polar surface area (TPSA) is 77.3 Å². The van der Waals surface area contributed by atoms with E-state index in [1.54, 1.807) is 11.8 Å². The van der Waals surface area contributed by atoms with Crippen molar-refractivity contribution in [3.8, 4) is 68.3 Å². The Morgan fingerprint density at radius 2 is 0.750 bits per heavy atom. The summed E-state index contributed by atoms with van der Waals surface area (Å²) in [7, 11) is 0. The average Bonchev–Trinajstić information content (AvgIpc) is 3.26. The molecule has 0 aliphatic carbocycles. The van der Waals surface area contributed by atoms with Crippen molar-refractivity contribution in [2.75, 3.05) is 0 Å². The number of fused-ring (bicyclic) bond motifs is 3. The molecule has 0 saturated heterocycles. The Bertz CT molecular complexity index is 2930. The Hall–Kier alpha value is -6.83. The summed E-state index contributed by atoms with van der Waals surface area (Å²) in [5.74, 6) is 3.57. The maximum atomic E-state index is 5.14. The minimum atomic E-state index is -0.126. The molecule has 56 heavy (non-hydrogen) atoms. The summed E-state index contributed by atoms with van der Waals surface area (Å²) in [6, 6.07) is 58.2. The molecular formula is C49H34N6S.